The van der Waals surface area contributed by atoms with Crippen LogP contribution in [0.3, 0.4) is 0 Å². The summed E-state index contributed by atoms with van der Waals surface area (Å²) in [5.74, 6) is 0.876. The number of fused-ring (bicyclic) bond motifs is 1. The Morgan fingerprint density at radius 3 is 3.00 bits per heavy atom. The van der Waals surface area contributed by atoms with Gasteiger partial charge in [-0.1, -0.05) is 18.2 Å². The third-order valence-electron chi connectivity index (χ3n) is 3.38. The first-order valence-corrected chi connectivity index (χ1v) is 6.90. The van der Waals surface area contributed by atoms with E-state index in [1.165, 1.54) is 0 Å². The van der Waals surface area contributed by atoms with Crippen LogP contribution in [-0.2, 0) is 11.2 Å². The molecule has 0 aliphatic carbocycles. The fourth-order valence-corrected chi connectivity index (χ4v) is 2.27. The van der Waals surface area contributed by atoms with Crippen molar-refractivity contribution in [1.82, 2.24) is 5.32 Å². The summed E-state index contributed by atoms with van der Waals surface area (Å²) >= 11 is 0. The maximum absolute atomic E-state index is 12.0. The summed E-state index contributed by atoms with van der Waals surface area (Å²) in [6.07, 6.45) is 3.41. The number of unbranched alkanes of at least 4 members (excludes halogenated alkanes) is 2. The number of carbonyl (C=O) groups is 1. The second-order valence-corrected chi connectivity index (χ2v) is 4.90. The van der Waals surface area contributed by atoms with Gasteiger partial charge in [-0.05, 0) is 37.3 Å². The van der Waals surface area contributed by atoms with Crippen molar-refractivity contribution in [2.24, 2.45) is 5.92 Å². The highest BCUT2D eigenvalue weighted by atomic mass is 16.5. The minimum absolute atomic E-state index is 0.0681. The molecule has 0 fully saturated rings. The van der Waals surface area contributed by atoms with Gasteiger partial charge >= 0.3 is 0 Å². The lowest BCUT2D eigenvalue weighted by Crippen LogP contribution is -2.37. The van der Waals surface area contributed by atoms with E-state index in [4.69, 9.17) is 9.84 Å². The van der Waals surface area contributed by atoms with E-state index in [9.17, 15) is 4.79 Å². The fraction of sp³-hybridized carbons (Fsp3) is 0.533. The van der Waals surface area contributed by atoms with Gasteiger partial charge in [0.2, 0.25) is 5.91 Å². The summed E-state index contributed by atoms with van der Waals surface area (Å²) in [4.78, 5) is 12.0. The summed E-state index contributed by atoms with van der Waals surface area (Å²) in [7, 11) is 0. The van der Waals surface area contributed by atoms with Gasteiger partial charge in [-0.3, -0.25) is 4.79 Å². The van der Waals surface area contributed by atoms with E-state index in [2.05, 4.69) is 5.32 Å². The number of amides is 1. The molecule has 0 saturated heterocycles. The average Bonchev–Trinajstić information content (AvgIpc) is 2.46. The number of rotatable bonds is 6. The standard InChI is InChI=1S/C15H21NO3/c17-9-5-1-4-8-16-15(18)13-10-12-6-2-3-7-14(12)19-11-13/h2-3,6-7,13,17H,1,4-5,8-11H2,(H,16,18). The lowest BCUT2D eigenvalue weighted by Gasteiger charge is -2.24. The van der Waals surface area contributed by atoms with Crippen molar-refractivity contribution in [2.75, 3.05) is 19.8 Å². The number of para-hydroxylation sites is 1. The molecule has 0 spiro atoms. The molecule has 0 radical (unpaired) electrons. The van der Waals surface area contributed by atoms with Gasteiger partial charge in [-0.15, -0.1) is 0 Å². The number of carbonyl (C=O) groups excluding carboxylic acids is 1. The molecule has 19 heavy (non-hydrogen) atoms. The van der Waals surface area contributed by atoms with Gasteiger partial charge in [-0.25, -0.2) is 0 Å². The first kappa shape index (κ1) is 13.9. The summed E-state index contributed by atoms with van der Waals surface area (Å²) in [5.41, 5.74) is 1.11. The summed E-state index contributed by atoms with van der Waals surface area (Å²) in [5, 5.41) is 11.6. The van der Waals surface area contributed by atoms with Crippen LogP contribution < -0.4 is 10.1 Å². The maximum atomic E-state index is 12.0. The second-order valence-electron chi connectivity index (χ2n) is 4.90. The van der Waals surface area contributed by atoms with Crippen molar-refractivity contribution in [1.29, 1.82) is 0 Å². The van der Waals surface area contributed by atoms with E-state index in [1.807, 2.05) is 24.3 Å². The maximum Gasteiger partial charge on any atom is 0.226 e. The van der Waals surface area contributed by atoms with Crippen LogP contribution >= 0.6 is 0 Å². The zero-order chi connectivity index (χ0) is 13.5. The van der Waals surface area contributed by atoms with Gasteiger partial charge in [-0.2, -0.15) is 0 Å². The number of hydrogen-bond acceptors (Lipinski definition) is 3. The zero-order valence-electron chi connectivity index (χ0n) is 11.1. The first-order valence-electron chi connectivity index (χ1n) is 6.90. The van der Waals surface area contributed by atoms with Crippen LogP contribution in [-0.4, -0.2) is 30.8 Å². The SMILES string of the molecule is O=C(NCCCCCO)C1COc2ccccc2C1. The van der Waals surface area contributed by atoms with E-state index < -0.39 is 0 Å². The zero-order valence-corrected chi connectivity index (χ0v) is 11.1. The summed E-state index contributed by atoms with van der Waals surface area (Å²) in [6.45, 7) is 1.36. The normalized spacial score (nSPS) is 17.4. The Kier molecular flexibility index (Phi) is 5.21. The number of ether oxygens (including phenoxy) is 1. The molecule has 1 aromatic rings. The van der Waals surface area contributed by atoms with Gasteiger partial charge in [0.15, 0.2) is 0 Å². The Morgan fingerprint density at radius 2 is 2.16 bits per heavy atom. The second kappa shape index (κ2) is 7.14. The number of nitrogens with one attached hydrogen (secondary N) is 1. The van der Waals surface area contributed by atoms with Crippen molar-refractivity contribution >= 4 is 5.91 Å². The van der Waals surface area contributed by atoms with E-state index in [0.29, 0.717) is 13.2 Å². The van der Waals surface area contributed by atoms with Crippen molar-refractivity contribution in [3.05, 3.63) is 29.8 Å². The predicted molar refractivity (Wildman–Crippen MR) is 73.1 cm³/mol. The van der Waals surface area contributed by atoms with Crippen molar-refractivity contribution in [3.8, 4) is 5.75 Å². The molecule has 1 unspecified atom stereocenters. The number of hydrogen-bond donors (Lipinski definition) is 2. The number of aliphatic hydroxyl groups is 1. The Balaban J connectivity index is 1.76. The van der Waals surface area contributed by atoms with Gasteiger partial charge in [0.25, 0.3) is 0 Å². The van der Waals surface area contributed by atoms with Crippen LogP contribution in [0.15, 0.2) is 24.3 Å². The Hall–Kier alpha value is -1.55. The minimum atomic E-state index is -0.0901. The smallest absolute Gasteiger partial charge is 0.226 e. The van der Waals surface area contributed by atoms with E-state index >= 15 is 0 Å². The Bertz CT molecular complexity index is 420. The van der Waals surface area contributed by atoms with Gasteiger partial charge in [0, 0.05) is 13.2 Å². The molecule has 2 N–H and O–H groups in total. The Morgan fingerprint density at radius 1 is 1.32 bits per heavy atom. The van der Waals surface area contributed by atoms with Crippen LogP contribution in [0.1, 0.15) is 24.8 Å². The molecule has 1 amide bonds. The molecule has 2 rings (SSSR count). The number of aliphatic hydroxyl groups excluding tert-OH is 1. The summed E-state index contributed by atoms with van der Waals surface area (Å²) < 4.78 is 5.61. The molecule has 104 valence electrons. The first-order chi connectivity index (χ1) is 9.31. The van der Waals surface area contributed by atoms with Gasteiger partial charge in [0.1, 0.15) is 12.4 Å². The highest BCUT2D eigenvalue weighted by Gasteiger charge is 2.25. The van der Waals surface area contributed by atoms with Crippen LogP contribution in [0.5, 0.6) is 5.75 Å². The average molecular weight is 263 g/mol. The van der Waals surface area contributed by atoms with Crippen LogP contribution in [0.4, 0.5) is 0 Å². The molecule has 1 atom stereocenters. The third-order valence-corrected chi connectivity index (χ3v) is 3.38. The topological polar surface area (TPSA) is 58.6 Å². The molecule has 1 heterocycles. The molecule has 4 nitrogen and oxygen atoms in total. The molecule has 4 heteroatoms. The van der Waals surface area contributed by atoms with E-state index in [0.717, 1.165) is 37.0 Å². The molecular formula is C15H21NO3. The molecule has 1 aliphatic rings. The van der Waals surface area contributed by atoms with Gasteiger partial charge in [0.05, 0.1) is 5.92 Å². The van der Waals surface area contributed by atoms with E-state index in [-0.39, 0.29) is 18.4 Å². The molecular weight excluding hydrogens is 242 g/mol. The molecule has 0 saturated carbocycles. The minimum Gasteiger partial charge on any atom is -0.492 e. The highest BCUT2D eigenvalue weighted by Crippen LogP contribution is 2.26. The van der Waals surface area contributed by atoms with Crippen molar-refractivity contribution < 1.29 is 14.6 Å². The molecule has 0 bridgehead atoms. The van der Waals surface area contributed by atoms with Crippen LogP contribution in [0.25, 0.3) is 0 Å². The van der Waals surface area contributed by atoms with Crippen molar-refractivity contribution in [3.63, 3.8) is 0 Å². The fourth-order valence-electron chi connectivity index (χ4n) is 2.27. The predicted octanol–water partition coefficient (Wildman–Crippen LogP) is 1.52. The third kappa shape index (κ3) is 3.96. The highest BCUT2D eigenvalue weighted by molar-refractivity contribution is 5.79. The molecule has 0 aromatic heterocycles. The quantitative estimate of drug-likeness (QED) is 0.765. The van der Waals surface area contributed by atoms with Crippen molar-refractivity contribution in [2.45, 2.75) is 25.7 Å². The van der Waals surface area contributed by atoms with Crippen LogP contribution in [0.2, 0.25) is 0 Å². The molecule has 1 aromatic carbocycles. The lowest BCUT2D eigenvalue weighted by atomic mass is 9.96. The largest absolute Gasteiger partial charge is 0.492 e. The Labute approximate surface area is 113 Å². The van der Waals surface area contributed by atoms with Gasteiger partial charge < -0.3 is 15.2 Å². The van der Waals surface area contributed by atoms with E-state index in [1.54, 1.807) is 0 Å². The molecule has 1 aliphatic heterocycles. The summed E-state index contributed by atoms with van der Waals surface area (Å²) in [6, 6.07) is 7.87. The lowest BCUT2D eigenvalue weighted by molar-refractivity contribution is -0.126. The van der Waals surface area contributed by atoms with Crippen LogP contribution in [0, 0.1) is 5.92 Å². The monoisotopic (exact) mass is 263 g/mol. The number of benzene rings is 1.